The Kier molecular flexibility index (Phi) is 10.9. The first kappa shape index (κ1) is 44.4. The molecule has 0 bridgehead atoms. The summed E-state index contributed by atoms with van der Waals surface area (Å²) in [5, 5.41) is 72.1. The quantitative estimate of drug-likeness (QED) is 0.0897. The second-order valence-electron chi connectivity index (χ2n) is 23.2. The summed E-state index contributed by atoms with van der Waals surface area (Å²) in [6.45, 7) is 6.29. The van der Waals surface area contributed by atoms with Gasteiger partial charge >= 0.3 is 11.9 Å². The van der Waals surface area contributed by atoms with Gasteiger partial charge in [0.25, 0.3) is 0 Å². The number of nitrogens with zero attached hydrogens (tertiary/aromatic N) is 2. The fourth-order valence-electron chi connectivity index (χ4n) is 17.8. The second kappa shape index (κ2) is 15.5. The molecule has 2 aliphatic heterocycles. The maximum atomic E-state index is 12.8. The summed E-state index contributed by atoms with van der Waals surface area (Å²) < 4.78 is 10.6. The van der Waals surface area contributed by atoms with E-state index in [9.17, 15) is 40.2 Å². The lowest BCUT2D eigenvalue weighted by Crippen LogP contribution is -2.68. The van der Waals surface area contributed by atoms with Crippen LogP contribution >= 0.6 is 0 Å². The van der Waals surface area contributed by atoms with Crippen LogP contribution in [-0.2, 0) is 19.1 Å². The molecule has 0 aromatic heterocycles. The monoisotopic (exact) mass is 875 g/mol. The highest BCUT2D eigenvalue weighted by Gasteiger charge is 2.73. The van der Waals surface area contributed by atoms with Crippen molar-refractivity contribution >= 4 is 24.4 Å². The first-order valence-corrected chi connectivity index (χ1v) is 25.0. The molecule has 8 fully saturated rings. The van der Waals surface area contributed by atoms with E-state index >= 15 is 0 Å². The van der Waals surface area contributed by atoms with Crippen LogP contribution in [0, 0.1) is 57.2 Å². The number of unbranched alkanes of at least 4 members (excludes halogenated alkanes) is 2. The van der Waals surface area contributed by atoms with Crippen LogP contribution in [-0.4, -0.2) is 116 Å². The first-order valence-electron chi connectivity index (χ1n) is 25.0. The molecule has 12 nitrogen and oxygen atoms in total. The second-order valence-corrected chi connectivity index (χ2v) is 23.2. The third kappa shape index (κ3) is 6.39. The fourth-order valence-corrected chi connectivity index (χ4v) is 17.8. The van der Waals surface area contributed by atoms with Crippen molar-refractivity contribution < 1.29 is 49.7 Å². The number of carbonyl (C=O) groups excluding carboxylic acids is 2. The van der Waals surface area contributed by atoms with Crippen LogP contribution in [0.2, 0.25) is 0 Å². The van der Waals surface area contributed by atoms with Crippen LogP contribution in [0.25, 0.3) is 0 Å². The number of ether oxygens (including phenoxy) is 2. The summed E-state index contributed by atoms with van der Waals surface area (Å²) in [6.07, 6.45) is 20.9. The molecule has 16 atom stereocenters. The average molecular weight is 875 g/mol. The maximum absolute atomic E-state index is 12.8. The van der Waals surface area contributed by atoms with Gasteiger partial charge in [0, 0.05) is 72.2 Å². The first-order chi connectivity index (χ1) is 30.0. The number of carbonyl (C=O) groups is 2. The van der Waals surface area contributed by atoms with E-state index in [-0.39, 0.29) is 58.3 Å². The van der Waals surface area contributed by atoms with Crippen molar-refractivity contribution in [2.75, 3.05) is 26.3 Å². The van der Waals surface area contributed by atoms with E-state index in [1.807, 2.05) is 0 Å². The van der Waals surface area contributed by atoms with Crippen molar-refractivity contribution in [3.8, 4) is 0 Å². The lowest BCUT2D eigenvalue weighted by atomic mass is 9.41. The molecule has 8 aliphatic carbocycles. The van der Waals surface area contributed by atoms with Crippen molar-refractivity contribution in [3.05, 3.63) is 23.3 Å². The van der Waals surface area contributed by atoms with E-state index in [1.165, 1.54) is 0 Å². The number of aliphatic hydroxyl groups is 6. The van der Waals surface area contributed by atoms with E-state index in [0.717, 1.165) is 68.9 Å². The number of hydrogen-bond donors (Lipinski definition) is 6. The molecule has 6 N–H and O–H groups in total. The zero-order valence-corrected chi connectivity index (χ0v) is 37.8. The van der Waals surface area contributed by atoms with Gasteiger partial charge in [-0.15, -0.1) is 0 Å². The smallest absolute Gasteiger partial charge is 0.331 e. The Morgan fingerprint density at radius 3 is 1.37 bits per heavy atom. The molecule has 12 heteroatoms. The van der Waals surface area contributed by atoms with Crippen molar-refractivity contribution in [3.63, 3.8) is 0 Å². The minimum atomic E-state index is -1.08. The van der Waals surface area contributed by atoms with Gasteiger partial charge in [0.05, 0.1) is 34.6 Å². The van der Waals surface area contributed by atoms with Gasteiger partial charge in [-0.2, -0.15) is 0 Å². The van der Waals surface area contributed by atoms with Crippen LogP contribution in [0.4, 0.5) is 0 Å². The van der Waals surface area contributed by atoms with Crippen molar-refractivity contribution in [1.82, 2.24) is 0 Å². The number of aliphatic imine (C=N–C) groups is 2. The highest BCUT2D eigenvalue weighted by Crippen LogP contribution is 2.72. The highest BCUT2D eigenvalue weighted by molar-refractivity contribution is 5.86. The molecule has 0 unspecified atom stereocenters. The predicted molar refractivity (Wildman–Crippen MR) is 236 cm³/mol. The summed E-state index contributed by atoms with van der Waals surface area (Å²) in [4.78, 5) is 34.2. The van der Waals surface area contributed by atoms with Gasteiger partial charge < -0.3 is 40.1 Å². The van der Waals surface area contributed by atoms with Crippen LogP contribution in [0.5, 0.6) is 0 Å². The van der Waals surface area contributed by atoms with Crippen LogP contribution in [0.15, 0.2) is 33.3 Å². The van der Waals surface area contributed by atoms with Gasteiger partial charge in [0.1, 0.15) is 13.2 Å². The number of hydrogen-bond acceptors (Lipinski definition) is 12. The van der Waals surface area contributed by atoms with E-state index in [0.29, 0.717) is 103 Å². The van der Waals surface area contributed by atoms with Crippen molar-refractivity contribution in [1.29, 1.82) is 0 Å². The van der Waals surface area contributed by atoms with Crippen LogP contribution in [0.1, 0.15) is 149 Å². The lowest BCUT2D eigenvalue weighted by Gasteiger charge is -2.65. The largest absolute Gasteiger partial charge is 0.458 e. The standard InChI is InChI=1S/C51H74N2O10/c1-44-14-8-38-40(50(44,60)20-12-36(44)32-24-42(56)62-28-32)10-18-48(58)26-34(54)6-16-46(38,48)30-52-22-4-3-5-23-53-31-47-17-7-35(55)27-49(47,59)19-11-41-39(47)9-15-45(2)37(13-21-51(41,45)61)33-25-43(57)63-29-33/h24-25,30-31,34-41,54-55,58-61H,3-23,26-29H2,1-2H3/t34-,35+,36-,37-,38-,39-,40+,41-,44+,45+,46-,47-,48+,49-,50-,51+/m0/s1. The summed E-state index contributed by atoms with van der Waals surface area (Å²) in [5.41, 5.74) is -3.97. The Hall–Kier alpha value is -2.48. The third-order valence-corrected chi connectivity index (χ3v) is 21.0. The molecule has 0 amide bonds. The Balaban J connectivity index is 0.800. The predicted octanol–water partition coefficient (Wildman–Crippen LogP) is 5.72. The van der Waals surface area contributed by atoms with E-state index in [4.69, 9.17) is 19.5 Å². The molecule has 0 spiro atoms. The SMILES string of the molecule is C[C@]12CC[C@H]3[C@H](CC[C@]4(O)C[C@H](O)CC[C@]34C=NCCCCCN=C[C@]34CC[C@H](O)C[C@]3(O)CC[C@@H]3[C@@H]4CC[C@]4(C)[C@H](C5=CC(=O)OC5)CC[C@]34O)[C@]1(O)CC[C@H]2C1=CC(=O)OC1. The number of aliphatic hydroxyl groups excluding tert-OH is 2. The topological polar surface area (TPSA) is 199 Å². The number of fused-ring (bicyclic) bond motifs is 10. The normalized spacial score (nSPS) is 51.4. The van der Waals surface area contributed by atoms with E-state index in [1.54, 1.807) is 12.2 Å². The highest BCUT2D eigenvalue weighted by atomic mass is 16.5. The van der Waals surface area contributed by atoms with Crippen molar-refractivity contribution in [2.45, 2.75) is 183 Å². The Morgan fingerprint density at radius 2 is 0.968 bits per heavy atom. The van der Waals surface area contributed by atoms with Gasteiger partial charge in [-0.3, -0.25) is 9.98 Å². The maximum Gasteiger partial charge on any atom is 0.331 e. The Morgan fingerprint density at radius 1 is 0.556 bits per heavy atom. The average Bonchev–Trinajstić information content (AvgIpc) is 4.00. The molecule has 10 aliphatic rings. The minimum absolute atomic E-state index is 0.00329. The molecule has 0 aromatic rings. The fraction of sp³-hybridized carbons (Fsp3) is 0.843. The molecular formula is C51H74N2O10. The number of rotatable bonds is 10. The zero-order chi connectivity index (χ0) is 44.3. The third-order valence-electron chi connectivity index (χ3n) is 21.0. The van der Waals surface area contributed by atoms with Gasteiger partial charge in [0.2, 0.25) is 0 Å². The van der Waals surface area contributed by atoms with Gasteiger partial charge in [0.15, 0.2) is 0 Å². The van der Waals surface area contributed by atoms with E-state index < -0.39 is 45.4 Å². The number of esters is 2. The van der Waals surface area contributed by atoms with Gasteiger partial charge in [-0.05, 0) is 169 Å². The number of cyclic esters (lactones) is 2. The summed E-state index contributed by atoms with van der Waals surface area (Å²) in [5.74, 6) is -0.296. The molecular weight excluding hydrogens is 801 g/mol. The van der Waals surface area contributed by atoms with Gasteiger partial charge in [-0.25, -0.2) is 9.59 Å². The molecule has 10 rings (SSSR count). The molecule has 0 aromatic carbocycles. The summed E-state index contributed by atoms with van der Waals surface area (Å²) >= 11 is 0. The molecule has 2 heterocycles. The van der Waals surface area contributed by atoms with E-state index in [2.05, 4.69) is 26.3 Å². The summed E-state index contributed by atoms with van der Waals surface area (Å²) in [6, 6.07) is 0. The van der Waals surface area contributed by atoms with Crippen LogP contribution in [0.3, 0.4) is 0 Å². The van der Waals surface area contributed by atoms with Crippen molar-refractivity contribution in [2.24, 2.45) is 67.2 Å². The minimum Gasteiger partial charge on any atom is -0.458 e. The molecule has 0 radical (unpaired) electrons. The summed E-state index contributed by atoms with van der Waals surface area (Å²) in [7, 11) is 0. The zero-order valence-electron chi connectivity index (χ0n) is 37.8. The van der Waals surface area contributed by atoms with Gasteiger partial charge in [-0.1, -0.05) is 13.8 Å². The van der Waals surface area contributed by atoms with Crippen LogP contribution < -0.4 is 0 Å². The lowest BCUT2D eigenvalue weighted by molar-refractivity contribution is -0.237. The molecule has 63 heavy (non-hydrogen) atoms. The Labute approximate surface area is 373 Å². The Bertz CT molecular complexity index is 1830. The molecule has 8 saturated carbocycles. The molecule has 0 saturated heterocycles. The molecule has 348 valence electrons.